The van der Waals surface area contributed by atoms with Crippen LogP contribution in [0.3, 0.4) is 0 Å². The molecule has 0 atom stereocenters. The molecular formula is C12H13ClN2O2. The van der Waals surface area contributed by atoms with Gasteiger partial charge in [0.1, 0.15) is 0 Å². The molecule has 90 valence electrons. The number of imide groups is 1. The largest absolute Gasteiger partial charge is 0.328 e. The third-order valence-electron chi connectivity index (χ3n) is 2.78. The molecule has 1 aromatic rings. The standard InChI is InChI=1S/C12H13ClN2O2/c1-2-8-4-3-5-9(11(8)13)15-7-6-10(16)14-12(15)17/h3-5H,2,6-7H2,1H3,(H,14,16,17). The van der Waals surface area contributed by atoms with Crippen molar-refractivity contribution >= 4 is 29.2 Å². The number of halogens is 1. The topological polar surface area (TPSA) is 49.4 Å². The first-order valence-corrected chi connectivity index (χ1v) is 5.90. The van der Waals surface area contributed by atoms with Crippen molar-refractivity contribution in [1.82, 2.24) is 5.32 Å². The van der Waals surface area contributed by atoms with Gasteiger partial charge in [-0.2, -0.15) is 0 Å². The fourth-order valence-corrected chi connectivity index (χ4v) is 2.20. The number of hydrogen-bond acceptors (Lipinski definition) is 2. The Bertz CT molecular complexity index is 474. The van der Waals surface area contributed by atoms with E-state index in [1.807, 2.05) is 19.1 Å². The van der Waals surface area contributed by atoms with Crippen molar-refractivity contribution < 1.29 is 9.59 Å². The van der Waals surface area contributed by atoms with Gasteiger partial charge in [-0.25, -0.2) is 4.79 Å². The number of amides is 3. The summed E-state index contributed by atoms with van der Waals surface area (Å²) in [5.74, 6) is -0.242. The second kappa shape index (κ2) is 4.75. The number of carbonyl (C=O) groups excluding carboxylic acids is 2. The Morgan fingerprint density at radius 3 is 2.82 bits per heavy atom. The summed E-state index contributed by atoms with van der Waals surface area (Å²) in [6.07, 6.45) is 1.11. The van der Waals surface area contributed by atoms with E-state index < -0.39 is 6.03 Å². The number of hydrogen-bond donors (Lipinski definition) is 1. The van der Waals surface area contributed by atoms with E-state index in [2.05, 4.69) is 5.32 Å². The minimum Gasteiger partial charge on any atom is -0.292 e. The van der Waals surface area contributed by atoms with Crippen molar-refractivity contribution in [2.75, 3.05) is 11.4 Å². The average Bonchev–Trinajstić information content (AvgIpc) is 2.30. The number of rotatable bonds is 2. The Balaban J connectivity index is 2.34. The van der Waals surface area contributed by atoms with Crippen LogP contribution in [-0.2, 0) is 11.2 Å². The van der Waals surface area contributed by atoms with Gasteiger partial charge in [0.2, 0.25) is 5.91 Å². The lowest BCUT2D eigenvalue weighted by Crippen LogP contribution is -2.49. The molecule has 1 fully saturated rings. The molecule has 2 rings (SSSR count). The number of carbonyl (C=O) groups is 2. The minimum atomic E-state index is -0.406. The van der Waals surface area contributed by atoms with E-state index in [1.54, 1.807) is 6.07 Å². The van der Waals surface area contributed by atoms with Crippen molar-refractivity contribution in [1.29, 1.82) is 0 Å². The van der Waals surface area contributed by atoms with Crippen LogP contribution in [0.2, 0.25) is 5.02 Å². The molecule has 1 aliphatic heterocycles. The molecular weight excluding hydrogens is 240 g/mol. The van der Waals surface area contributed by atoms with E-state index >= 15 is 0 Å². The Morgan fingerprint density at radius 1 is 1.41 bits per heavy atom. The molecule has 17 heavy (non-hydrogen) atoms. The Morgan fingerprint density at radius 2 is 2.18 bits per heavy atom. The summed E-state index contributed by atoms with van der Waals surface area (Å²) in [6.45, 7) is 2.38. The zero-order valence-corrected chi connectivity index (χ0v) is 10.3. The molecule has 0 unspecified atom stereocenters. The summed E-state index contributed by atoms with van der Waals surface area (Å²) in [5, 5.41) is 2.86. The summed E-state index contributed by atoms with van der Waals surface area (Å²) >= 11 is 6.24. The van der Waals surface area contributed by atoms with Gasteiger partial charge < -0.3 is 0 Å². The lowest BCUT2D eigenvalue weighted by molar-refractivity contribution is -0.120. The molecule has 1 N–H and O–H groups in total. The Hall–Kier alpha value is -1.55. The second-order valence-corrected chi connectivity index (χ2v) is 4.24. The van der Waals surface area contributed by atoms with E-state index in [0.29, 0.717) is 23.7 Å². The number of nitrogens with one attached hydrogen (secondary N) is 1. The van der Waals surface area contributed by atoms with Crippen LogP contribution in [0.1, 0.15) is 18.9 Å². The highest BCUT2D eigenvalue weighted by atomic mass is 35.5. The zero-order valence-electron chi connectivity index (χ0n) is 9.50. The van der Waals surface area contributed by atoms with E-state index in [1.165, 1.54) is 4.90 Å². The number of benzene rings is 1. The first-order valence-electron chi connectivity index (χ1n) is 5.52. The molecule has 0 aliphatic carbocycles. The maximum absolute atomic E-state index is 11.7. The molecule has 1 saturated heterocycles. The molecule has 4 nitrogen and oxygen atoms in total. The maximum atomic E-state index is 11.7. The van der Waals surface area contributed by atoms with Crippen molar-refractivity contribution in [3.63, 3.8) is 0 Å². The van der Waals surface area contributed by atoms with Crippen LogP contribution in [-0.4, -0.2) is 18.5 Å². The van der Waals surface area contributed by atoms with Crippen LogP contribution in [0.15, 0.2) is 18.2 Å². The summed E-state index contributed by atoms with van der Waals surface area (Å²) < 4.78 is 0. The van der Waals surface area contributed by atoms with E-state index in [0.717, 1.165) is 12.0 Å². The Labute approximate surface area is 105 Å². The number of nitrogens with zero attached hydrogens (tertiary/aromatic N) is 1. The minimum absolute atomic E-state index is 0.242. The zero-order chi connectivity index (χ0) is 12.4. The average molecular weight is 253 g/mol. The molecule has 0 saturated carbocycles. The third kappa shape index (κ3) is 2.26. The highest BCUT2D eigenvalue weighted by Gasteiger charge is 2.25. The van der Waals surface area contributed by atoms with Gasteiger partial charge in [0, 0.05) is 13.0 Å². The van der Waals surface area contributed by atoms with Gasteiger partial charge in [-0.05, 0) is 18.1 Å². The lowest BCUT2D eigenvalue weighted by Gasteiger charge is -2.27. The smallest absolute Gasteiger partial charge is 0.292 e. The van der Waals surface area contributed by atoms with Gasteiger partial charge in [-0.3, -0.25) is 15.0 Å². The molecule has 0 spiro atoms. The van der Waals surface area contributed by atoms with E-state index in [-0.39, 0.29) is 5.91 Å². The van der Waals surface area contributed by atoms with Gasteiger partial charge in [-0.15, -0.1) is 0 Å². The predicted octanol–water partition coefficient (Wildman–Crippen LogP) is 2.35. The van der Waals surface area contributed by atoms with Crippen molar-refractivity contribution in [2.24, 2.45) is 0 Å². The molecule has 1 aliphatic rings. The van der Waals surface area contributed by atoms with Crippen LogP contribution in [0.4, 0.5) is 10.5 Å². The van der Waals surface area contributed by atoms with Crippen LogP contribution in [0, 0.1) is 0 Å². The summed E-state index contributed by atoms with van der Waals surface area (Å²) in [4.78, 5) is 24.3. The lowest BCUT2D eigenvalue weighted by atomic mass is 10.1. The monoisotopic (exact) mass is 252 g/mol. The van der Waals surface area contributed by atoms with Gasteiger partial charge in [0.15, 0.2) is 0 Å². The quantitative estimate of drug-likeness (QED) is 0.878. The highest BCUT2D eigenvalue weighted by molar-refractivity contribution is 6.34. The van der Waals surface area contributed by atoms with Crippen LogP contribution in [0.25, 0.3) is 0 Å². The van der Waals surface area contributed by atoms with Crippen molar-refractivity contribution in [3.05, 3.63) is 28.8 Å². The molecule has 0 aromatic heterocycles. The molecule has 0 bridgehead atoms. The van der Waals surface area contributed by atoms with E-state index in [4.69, 9.17) is 11.6 Å². The van der Waals surface area contributed by atoms with E-state index in [9.17, 15) is 9.59 Å². The number of aryl methyl sites for hydroxylation is 1. The highest BCUT2D eigenvalue weighted by Crippen LogP contribution is 2.30. The molecule has 5 heteroatoms. The number of urea groups is 1. The maximum Gasteiger partial charge on any atom is 0.328 e. The van der Waals surface area contributed by atoms with Gasteiger partial charge in [0.05, 0.1) is 10.7 Å². The molecule has 0 radical (unpaired) electrons. The van der Waals surface area contributed by atoms with Gasteiger partial charge in [-0.1, -0.05) is 30.7 Å². The fourth-order valence-electron chi connectivity index (χ4n) is 1.84. The fraction of sp³-hybridized carbons (Fsp3) is 0.333. The normalized spacial score (nSPS) is 16.0. The summed E-state index contributed by atoms with van der Waals surface area (Å²) in [5.41, 5.74) is 1.66. The first kappa shape index (κ1) is 11.9. The van der Waals surface area contributed by atoms with Gasteiger partial charge >= 0.3 is 6.03 Å². The molecule has 1 heterocycles. The SMILES string of the molecule is CCc1cccc(N2CCC(=O)NC2=O)c1Cl. The van der Waals surface area contributed by atoms with Crippen LogP contribution >= 0.6 is 11.6 Å². The Kier molecular flexibility index (Phi) is 3.33. The molecule has 1 aromatic carbocycles. The summed E-state index contributed by atoms with van der Waals surface area (Å²) in [7, 11) is 0. The molecule has 3 amide bonds. The van der Waals surface area contributed by atoms with Crippen molar-refractivity contribution in [2.45, 2.75) is 19.8 Å². The summed E-state index contributed by atoms with van der Waals surface area (Å²) in [6, 6.07) is 5.18. The third-order valence-corrected chi connectivity index (χ3v) is 3.22. The predicted molar refractivity (Wildman–Crippen MR) is 66.3 cm³/mol. The first-order chi connectivity index (χ1) is 8.13. The second-order valence-electron chi connectivity index (χ2n) is 3.86. The number of anilines is 1. The van der Waals surface area contributed by atoms with Crippen molar-refractivity contribution in [3.8, 4) is 0 Å². The van der Waals surface area contributed by atoms with Crippen LogP contribution < -0.4 is 10.2 Å². The van der Waals surface area contributed by atoms with Gasteiger partial charge in [0.25, 0.3) is 0 Å². The van der Waals surface area contributed by atoms with Crippen LogP contribution in [0.5, 0.6) is 0 Å².